The fourth-order valence-electron chi connectivity index (χ4n) is 0.755. The first-order valence-corrected chi connectivity index (χ1v) is 4.60. The lowest BCUT2D eigenvalue weighted by Gasteiger charge is -2.16. The molecule has 0 unspecified atom stereocenters. The molecule has 0 radical (unpaired) electrons. The van der Waals surface area contributed by atoms with Crippen molar-refractivity contribution < 1.29 is 9.53 Å². The number of ether oxygens (including phenoxy) is 1. The van der Waals surface area contributed by atoms with Gasteiger partial charge in [-0.15, -0.1) is 0 Å². The van der Waals surface area contributed by atoms with E-state index in [4.69, 9.17) is 11.5 Å². The Hall–Kier alpha value is -1.71. The molecule has 1 rings (SSSR count). The normalized spacial score (nSPS) is 9.19. The molecular formula is C12H22N2O2. The van der Waals surface area contributed by atoms with Gasteiger partial charge in [-0.25, -0.2) is 4.79 Å². The van der Waals surface area contributed by atoms with E-state index in [1.165, 1.54) is 0 Å². The number of anilines is 1. The van der Waals surface area contributed by atoms with Crippen LogP contribution in [-0.4, -0.2) is 11.7 Å². The molecule has 0 aromatic heterocycles. The van der Waals surface area contributed by atoms with Crippen molar-refractivity contribution in [3.63, 3.8) is 0 Å². The molecule has 0 heterocycles. The van der Waals surface area contributed by atoms with E-state index in [-0.39, 0.29) is 7.43 Å². The van der Waals surface area contributed by atoms with E-state index < -0.39 is 11.7 Å². The van der Waals surface area contributed by atoms with Crippen LogP contribution in [0.4, 0.5) is 10.5 Å². The minimum Gasteiger partial charge on any atom is -0.444 e. The van der Waals surface area contributed by atoms with Crippen LogP contribution in [0.1, 0.15) is 28.2 Å². The third kappa shape index (κ3) is 12.3. The van der Waals surface area contributed by atoms with Gasteiger partial charge in [0.2, 0.25) is 0 Å². The highest BCUT2D eigenvalue weighted by molar-refractivity contribution is 5.65. The van der Waals surface area contributed by atoms with E-state index in [9.17, 15) is 4.79 Å². The molecule has 16 heavy (non-hydrogen) atoms. The van der Waals surface area contributed by atoms with Crippen molar-refractivity contribution in [2.24, 2.45) is 5.73 Å². The van der Waals surface area contributed by atoms with E-state index in [2.05, 4.69) is 4.74 Å². The number of carbonyl (C=O) groups excluding carboxylic acids is 1. The van der Waals surface area contributed by atoms with Crippen LogP contribution in [0.3, 0.4) is 0 Å². The highest BCUT2D eigenvalue weighted by Crippen LogP contribution is 2.04. The molecule has 0 bridgehead atoms. The number of amides is 1. The second kappa shape index (κ2) is 7.56. The van der Waals surface area contributed by atoms with Gasteiger partial charge in [0.25, 0.3) is 0 Å². The lowest BCUT2D eigenvalue weighted by molar-refractivity contribution is 0.0600. The molecule has 0 aliphatic carbocycles. The van der Waals surface area contributed by atoms with Crippen molar-refractivity contribution in [3.05, 3.63) is 30.3 Å². The van der Waals surface area contributed by atoms with Crippen LogP contribution >= 0.6 is 0 Å². The van der Waals surface area contributed by atoms with Crippen molar-refractivity contribution in [2.45, 2.75) is 33.8 Å². The summed E-state index contributed by atoms with van der Waals surface area (Å²) in [7, 11) is 0. The fourth-order valence-corrected chi connectivity index (χ4v) is 0.755. The second-order valence-electron chi connectivity index (χ2n) is 3.94. The molecule has 0 saturated carbocycles. The molecule has 4 N–H and O–H groups in total. The molecule has 0 spiro atoms. The smallest absolute Gasteiger partial charge is 0.405 e. The summed E-state index contributed by atoms with van der Waals surface area (Å²) in [4.78, 5) is 10.0. The predicted molar refractivity (Wildman–Crippen MR) is 68.0 cm³/mol. The SMILES string of the molecule is C.CC(C)(C)OC(N)=O.Nc1ccccc1. The topological polar surface area (TPSA) is 78.3 Å². The van der Waals surface area contributed by atoms with Crippen LogP contribution in [0, 0.1) is 0 Å². The molecule has 4 heteroatoms. The summed E-state index contributed by atoms with van der Waals surface area (Å²) in [5.41, 5.74) is 10.4. The van der Waals surface area contributed by atoms with Crippen molar-refractivity contribution in [1.82, 2.24) is 0 Å². The summed E-state index contributed by atoms with van der Waals surface area (Å²) in [6, 6.07) is 9.49. The number of nitrogen functional groups attached to an aromatic ring is 1. The molecule has 92 valence electrons. The Labute approximate surface area is 97.6 Å². The van der Waals surface area contributed by atoms with E-state index in [1.807, 2.05) is 30.3 Å². The first kappa shape index (κ1) is 16.7. The monoisotopic (exact) mass is 226 g/mol. The lowest BCUT2D eigenvalue weighted by Crippen LogP contribution is -2.27. The molecule has 0 saturated heterocycles. The summed E-state index contributed by atoms with van der Waals surface area (Å²) in [5, 5.41) is 0. The average molecular weight is 226 g/mol. The Balaban J connectivity index is 0. The molecule has 4 nitrogen and oxygen atoms in total. The largest absolute Gasteiger partial charge is 0.444 e. The number of rotatable bonds is 0. The molecule has 0 atom stereocenters. The third-order valence-corrected chi connectivity index (χ3v) is 1.21. The standard InChI is InChI=1S/C6H7N.C5H11NO2.CH4/c7-6-4-2-1-3-5-6;1-5(2,3)8-4(6)7;/h1-5H,7H2;1-3H3,(H2,6,7);1H4. The van der Waals surface area contributed by atoms with Crippen molar-refractivity contribution in [3.8, 4) is 0 Å². The van der Waals surface area contributed by atoms with Crippen LogP contribution < -0.4 is 11.5 Å². The third-order valence-electron chi connectivity index (χ3n) is 1.21. The minimum absolute atomic E-state index is 0. The number of para-hydroxylation sites is 1. The van der Waals surface area contributed by atoms with Crippen LogP contribution in [0.2, 0.25) is 0 Å². The van der Waals surface area contributed by atoms with E-state index in [0.29, 0.717) is 0 Å². The molecule has 0 fully saturated rings. The Kier molecular flexibility index (Phi) is 7.90. The Morgan fingerprint density at radius 3 is 1.75 bits per heavy atom. The number of nitrogens with two attached hydrogens (primary N) is 2. The molecular weight excluding hydrogens is 204 g/mol. The lowest BCUT2D eigenvalue weighted by atomic mass is 10.2. The van der Waals surface area contributed by atoms with Gasteiger partial charge in [0.15, 0.2) is 0 Å². The first-order chi connectivity index (χ1) is 6.81. The zero-order valence-corrected chi connectivity index (χ0v) is 9.36. The van der Waals surface area contributed by atoms with E-state index in [0.717, 1.165) is 5.69 Å². The summed E-state index contributed by atoms with van der Waals surface area (Å²) in [6.45, 7) is 5.28. The number of hydrogen-bond acceptors (Lipinski definition) is 3. The number of benzene rings is 1. The molecule has 1 amide bonds. The van der Waals surface area contributed by atoms with E-state index >= 15 is 0 Å². The quantitative estimate of drug-likeness (QED) is 0.668. The average Bonchev–Trinajstić information content (AvgIpc) is 2.01. The zero-order chi connectivity index (χ0) is 11.9. The summed E-state index contributed by atoms with van der Waals surface area (Å²) in [6.07, 6.45) is -0.725. The van der Waals surface area contributed by atoms with Crippen LogP contribution in [0.25, 0.3) is 0 Å². The first-order valence-electron chi connectivity index (χ1n) is 4.60. The Morgan fingerprint density at radius 1 is 1.19 bits per heavy atom. The number of hydrogen-bond donors (Lipinski definition) is 2. The maximum absolute atomic E-state index is 10.0. The zero-order valence-electron chi connectivity index (χ0n) is 9.36. The predicted octanol–water partition coefficient (Wildman–Crippen LogP) is 2.79. The van der Waals surface area contributed by atoms with Crippen LogP contribution in [0.15, 0.2) is 30.3 Å². The molecule has 0 aliphatic rings. The van der Waals surface area contributed by atoms with Gasteiger partial charge in [-0.1, -0.05) is 25.6 Å². The van der Waals surface area contributed by atoms with Gasteiger partial charge in [-0.3, -0.25) is 0 Å². The molecule has 1 aromatic rings. The second-order valence-corrected chi connectivity index (χ2v) is 3.94. The summed E-state index contributed by atoms with van der Waals surface area (Å²) >= 11 is 0. The van der Waals surface area contributed by atoms with Gasteiger partial charge >= 0.3 is 6.09 Å². The highest BCUT2D eigenvalue weighted by Gasteiger charge is 2.12. The number of primary amides is 1. The maximum Gasteiger partial charge on any atom is 0.405 e. The summed E-state index contributed by atoms with van der Waals surface area (Å²) < 4.78 is 4.58. The summed E-state index contributed by atoms with van der Waals surface area (Å²) in [5.74, 6) is 0. The molecule has 1 aromatic carbocycles. The van der Waals surface area contributed by atoms with Gasteiger partial charge in [0.05, 0.1) is 0 Å². The van der Waals surface area contributed by atoms with E-state index in [1.54, 1.807) is 20.8 Å². The van der Waals surface area contributed by atoms with Crippen molar-refractivity contribution in [1.29, 1.82) is 0 Å². The van der Waals surface area contributed by atoms with Crippen molar-refractivity contribution >= 4 is 11.8 Å². The van der Waals surface area contributed by atoms with Gasteiger partial charge < -0.3 is 16.2 Å². The van der Waals surface area contributed by atoms with Crippen LogP contribution in [-0.2, 0) is 4.74 Å². The van der Waals surface area contributed by atoms with Gasteiger partial charge in [0.1, 0.15) is 5.60 Å². The maximum atomic E-state index is 10.0. The Morgan fingerprint density at radius 2 is 1.62 bits per heavy atom. The van der Waals surface area contributed by atoms with Gasteiger partial charge in [-0.2, -0.15) is 0 Å². The van der Waals surface area contributed by atoms with Gasteiger partial charge in [0, 0.05) is 5.69 Å². The van der Waals surface area contributed by atoms with Crippen molar-refractivity contribution in [2.75, 3.05) is 5.73 Å². The highest BCUT2D eigenvalue weighted by atomic mass is 16.6. The van der Waals surface area contributed by atoms with Gasteiger partial charge in [-0.05, 0) is 32.9 Å². The minimum atomic E-state index is -0.725. The fraction of sp³-hybridized carbons (Fsp3) is 0.417. The Bertz CT molecular complexity index is 292. The number of carbonyl (C=O) groups is 1. The van der Waals surface area contributed by atoms with Crippen LogP contribution in [0.5, 0.6) is 0 Å². The molecule has 0 aliphatic heterocycles.